The summed E-state index contributed by atoms with van der Waals surface area (Å²) in [7, 11) is -3.14. The molecular formula is C18H28N4O4S. The first-order valence-corrected chi connectivity index (χ1v) is 11.7. The summed E-state index contributed by atoms with van der Waals surface area (Å²) in [5, 5.41) is 8.52. The number of amides is 1. The number of carbonyl (C=O) groups excluding carboxylic acids is 1. The molecule has 1 atom stereocenters. The van der Waals surface area contributed by atoms with Gasteiger partial charge in [-0.1, -0.05) is 0 Å². The van der Waals surface area contributed by atoms with Gasteiger partial charge in [-0.25, -0.2) is 12.7 Å². The van der Waals surface area contributed by atoms with Crippen molar-refractivity contribution in [1.82, 2.24) is 19.4 Å². The van der Waals surface area contributed by atoms with Crippen molar-refractivity contribution in [3.8, 4) is 0 Å². The van der Waals surface area contributed by atoms with E-state index in [0.717, 1.165) is 38.6 Å². The Bertz CT molecular complexity index is 781. The van der Waals surface area contributed by atoms with Crippen LogP contribution in [0.4, 0.5) is 0 Å². The molecule has 150 valence electrons. The molecule has 2 aliphatic heterocycles. The number of nitrogens with zero attached hydrogens (tertiary/aromatic N) is 4. The fourth-order valence-electron chi connectivity index (χ4n) is 4.13. The average Bonchev–Trinajstić information content (AvgIpc) is 3.44. The molecule has 0 unspecified atom stereocenters. The number of rotatable bonds is 5. The molecule has 0 bridgehead atoms. The molecule has 1 saturated carbocycles. The largest absolute Gasteiger partial charge is 0.423 e. The lowest BCUT2D eigenvalue weighted by Crippen LogP contribution is -2.39. The summed E-state index contributed by atoms with van der Waals surface area (Å²) < 4.78 is 31.6. The monoisotopic (exact) mass is 396 g/mol. The van der Waals surface area contributed by atoms with Crippen LogP contribution in [0.5, 0.6) is 0 Å². The van der Waals surface area contributed by atoms with Gasteiger partial charge in [0.25, 0.3) is 0 Å². The van der Waals surface area contributed by atoms with E-state index in [0.29, 0.717) is 37.7 Å². The second kappa shape index (κ2) is 7.50. The topological polar surface area (TPSA) is 96.6 Å². The Hall–Kier alpha value is -1.48. The lowest BCUT2D eigenvalue weighted by molar-refractivity contribution is -0.137. The Balaban J connectivity index is 1.43. The summed E-state index contributed by atoms with van der Waals surface area (Å²) in [6.45, 7) is 3.43. The number of hydrogen-bond acceptors (Lipinski definition) is 6. The Labute approximate surface area is 160 Å². The molecule has 3 heterocycles. The van der Waals surface area contributed by atoms with Crippen LogP contribution < -0.4 is 0 Å². The van der Waals surface area contributed by atoms with Gasteiger partial charge in [-0.2, -0.15) is 0 Å². The summed E-state index contributed by atoms with van der Waals surface area (Å²) in [6.07, 6.45) is 6.33. The van der Waals surface area contributed by atoms with E-state index in [-0.39, 0.29) is 29.5 Å². The van der Waals surface area contributed by atoms with Gasteiger partial charge in [0.1, 0.15) is 6.04 Å². The van der Waals surface area contributed by atoms with Crippen molar-refractivity contribution in [3.05, 3.63) is 11.8 Å². The molecule has 0 aromatic carbocycles. The minimum atomic E-state index is -3.14. The maximum absolute atomic E-state index is 12.6. The summed E-state index contributed by atoms with van der Waals surface area (Å²) in [5.74, 6) is 1.78. The number of hydrogen-bond donors (Lipinski definition) is 0. The number of likely N-dealkylation sites (tertiary alicyclic amines) is 1. The summed E-state index contributed by atoms with van der Waals surface area (Å²) in [5.41, 5.74) is 0. The molecule has 0 radical (unpaired) electrons. The average molecular weight is 397 g/mol. The van der Waals surface area contributed by atoms with Crippen LogP contribution in [0, 0.1) is 5.92 Å². The van der Waals surface area contributed by atoms with Gasteiger partial charge < -0.3 is 9.32 Å². The van der Waals surface area contributed by atoms with Crippen molar-refractivity contribution in [2.24, 2.45) is 5.92 Å². The Morgan fingerprint density at radius 2 is 1.74 bits per heavy atom. The van der Waals surface area contributed by atoms with Crippen molar-refractivity contribution in [2.45, 2.75) is 63.8 Å². The van der Waals surface area contributed by atoms with E-state index in [9.17, 15) is 13.2 Å². The predicted octanol–water partition coefficient (Wildman–Crippen LogP) is 2.06. The molecule has 1 amide bonds. The highest BCUT2D eigenvalue weighted by Crippen LogP contribution is 2.38. The first-order valence-electron chi connectivity index (χ1n) is 10.1. The lowest BCUT2D eigenvalue weighted by Gasteiger charge is -2.33. The Morgan fingerprint density at radius 1 is 1.04 bits per heavy atom. The maximum Gasteiger partial charge on any atom is 0.238 e. The minimum Gasteiger partial charge on any atom is -0.423 e. The molecule has 1 aromatic rings. The third-order valence-corrected chi connectivity index (χ3v) is 7.90. The first kappa shape index (κ1) is 18.9. The fourth-order valence-corrected chi connectivity index (χ4v) is 5.26. The van der Waals surface area contributed by atoms with E-state index >= 15 is 0 Å². The quantitative estimate of drug-likeness (QED) is 0.756. The first-order chi connectivity index (χ1) is 13.0. The van der Waals surface area contributed by atoms with E-state index in [4.69, 9.17) is 4.42 Å². The molecule has 27 heavy (non-hydrogen) atoms. The zero-order valence-corrected chi connectivity index (χ0v) is 16.7. The number of carbonyl (C=O) groups is 1. The van der Waals surface area contributed by atoms with Crippen LogP contribution in [0.2, 0.25) is 0 Å². The maximum atomic E-state index is 12.6. The van der Waals surface area contributed by atoms with E-state index in [1.54, 1.807) is 11.2 Å². The lowest BCUT2D eigenvalue weighted by atomic mass is 9.98. The van der Waals surface area contributed by atoms with Crippen LogP contribution in [0.1, 0.15) is 75.6 Å². The summed E-state index contributed by atoms with van der Waals surface area (Å²) in [4.78, 5) is 14.5. The number of aromatic nitrogens is 2. The molecule has 0 N–H and O–H groups in total. The van der Waals surface area contributed by atoms with Gasteiger partial charge in [-0.05, 0) is 51.9 Å². The van der Waals surface area contributed by atoms with E-state index in [1.165, 1.54) is 0 Å². The van der Waals surface area contributed by atoms with Gasteiger partial charge in [0.2, 0.25) is 27.7 Å². The number of sulfonamides is 1. The molecule has 9 heteroatoms. The van der Waals surface area contributed by atoms with E-state index in [1.807, 2.05) is 4.90 Å². The van der Waals surface area contributed by atoms with Gasteiger partial charge in [0.05, 0.1) is 5.75 Å². The Kier molecular flexibility index (Phi) is 5.24. The van der Waals surface area contributed by atoms with Gasteiger partial charge in [0.15, 0.2) is 0 Å². The van der Waals surface area contributed by atoms with Crippen molar-refractivity contribution in [2.75, 3.05) is 25.4 Å². The molecular weight excluding hydrogens is 368 g/mol. The predicted molar refractivity (Wildman–Crippen MR) is 98.3 cm³/mol. The molecule has 1 aliphatic carbocycles. The van der Waals surface area contributed by atoms with Crippen molar-refractivity contribution >= 4 is 15.9 Å². The third-order valence-electron chi connectivity index (χ3n) is 6.02. The number of piperidine rings is 2. The highest BCUT2D eigenvalue weighted by atomic mass is 32.2. The molecule has 8 nitrogen and oxygen atoms in total. The van der Waals surface area contributed by atoms with Gasteiger partial charge in [0, 0.05) is 31.5 Å². The third kappa shape index (κ3) is 3.89. The van der Waals surface area contributed by atoms with Crippen LogP contribution in [0.15, 0.2) is 4.42 Å². The van der Waals surface area contributed by atoms with Crippen molar-refractivity contribution in [1.29, 1.82) is 0 Å². The highest BCUT2D eigenvalue weighted by Gasteiger charge is 2.40. The standard InChI is InChI=1S/C18H28N4O4S/c1-2-27(24,25)21-11-8-13(9-12-21)16-19-20-17(26-16)15-5-3-4-10-22(15)18(23)14-6-7-14/h13-15H,2-12H2,1H3/t15-/m1/s1. The van der Waals surface area contributed by atoms with Crippen LogP contribution in [0.25, 0.3) is 0 Å². The molecule has 3 fully saturated rings. The molecule has 1 aromatic heterocycles. The smallest absolute Gasteiger partial charge is 0.238 e. The summed E-state index contributed by atoms with van der Waals surface area (Å²) >= 11 is 0. The second-order valence-electron chi connectivity index (χ2n) is 7.87. The second-order valence-corrected chi connectivity index (χ2v) is 10.1. The van der Waals surface area contributed by atoms with Crippen molar-refractivity contribution < 1.29 is 17.6 Å². The van der Waals surface area contributed by atoms with Gasteiger partial charge in [-0.3, -0.25) is 4.79 Å². The van der Waals surface area contributed by atoms with E-state index in [2.05, 4.69) is 10.2 Å². The zero-order valence-electron chi connectivity index (χ0n) is 15.8. The normalized spacial score (nSPS) is 25.7. The van der Waals surface area contributed by atoms with E-state index < -0.39 is 10.0 Å². The summed E-state index contributed by atoms with van der Waals surface area (Å²) in [6, 6.07) is -0.103. The minimum absolute atomic E-state index is 0.0886. The van der Waals surface area contributed by atoms with Crippen LogP contribution >= 0.6 is 0 Å². The van der Waals surface area contributed by atoms with Crippen LogP contribution in [-0.4, -0.2) is 59.1 Å². The zero-order chi connectivity index (χ0) is 19.0. The fraction of sp³-hybridized carbons (Fsp3) is 0.833. The molecule has 3 aliphatic rings. The van der Waals surface area contributed by atoms with Crippen molar-refractivity contribution in [3.63, 3.8) is 0 Å². The SMILES string of the molecule is CCS(=O)(=O)N1CCC(c2nnc([C@H]3CCCCN3C(=O)C3CC3)o2)CC1. The van der Waals surface area contributed by atoms with Crippen LogP contribution in [0.3, 0.4) is 0 Å². The highest BCUT2D eigenvalue weighted by molar-refractivity contribution is 7.89. The molecule has 4 rings (SSSR count). The van der Waals surface area contributed by atoms with Crippen LogP contribution in [-0.2, 0) is 14.8 Å². The Morgan fingerprint density at radius 3 is 2.41 bits per heavy atom. The molecule has 0 spiro atoms. The van der Waals surface area contributed by atoms with Gasteiger partial charge >= 0.3 is 0 Å². The van der Waals surface area contributed by atoms with Gasteiger partial charge in [-0.15, -0.1) is 10.2 Å². The molecule has 2 saturated heterocycles.